The fourth-order valence-corrected chi connectivity index (χ4v) is 3.69. The van der Waals surface area contributed by atoms with Gasteiger partial charge in [0, 0.05) is 19.2 Å². The Bertz CT molecular complexity index is 372. The van der Waals surface area contributed by atoms with Crippen molar-refractivity contribution in [1.82, 2.24) is 9.78 Å². The first-order valence-electron chi connectivity index (χ1n) is 5.00. The minimum absolute atomic E-state index is 0.534. The van der Waals surface area contributed by atoms with Gasteiger partial charge in [0.25, 0.3) is 0 Å². The van der Waals surface area contributed by atoms with Crippen molar-refractivity contribution >= 4 is 27.7 Å². The van der Waals surface area contributed by atoms with Crippen LogP contribution in [0.2, 0.25) is 0 Å². The van der Waals surface area contributed by atoms with Crippen LogP contribution in [0.4, 0.5) is 0 Å². The molecule has 1 atom stereocenters. The van der Waals surface area contributed by atoms with E-state index < -0.39 is 5.60 Å². The summed E-state index contributed by atoms with van der Waals surface area (Å²) in [4.78, 5) is 0. The van der Waals surface area contributed by atoms with E-state index in [-0.39, 0.29) is 0 Å². The molecule has 0 aliphatic carbocycles. The number of thioether (sulfide) groups is 1. The van der Waals surface area contributed by atoms with Crippen molar-refractivity contribution < 1.29 is 5.11 Å². The van der Waals surface area contributed by atoms with Crippen molar-refractivity contribution in [2.75, 3.05) is 11.5 Å². The normalized spacial score (nSPS) is 26.1. The van der Waals surface area contributed by atoms with Crippen molar-refractivity contribution in [2.24, 2.45) is 7.05 Å². The summed E-state index contributed by atoms with van der Waals surface area (Å²) >= 11 is 5.36. The fraction of sp³-hybridized carbons (Fsp3) is 0.700. The standard InChI is InChI=1S/C10H15BrN2OS/c1-7-9(11)8(13(2)12-7)5-10(14)3-4-15-6-10/h14H,3-6H2,1-2H3. The van der Waals surface area contributed by atoms with Gasteiger partial charge >= 0.3 is 0 Å². The van der Waals surface area contributed by atoms with Gasteiger partial charge in [-0.3, -0.25) is 4.68 Å². The Hall–Kier alpha value is -0.000000000000000111. The van der Waals surface area contributed by atoms with Crippen LogP contribution in [0.5, 0.6) is 0 Å². The molecule has 0 amide bonds. The molecule has 0 saturated carbocycles. The van der Waals surface area contributed by atoms with Gasteiger partial charge in [0.2, 0.25) is 0 Å². The van der Waals surface area contributed by atoms with Gasteiger partial charge in [0.05, 0.1) is 21.5 Å². The SMILES string of the molecule is Cc1nn(C)c(CC2(O)CCSC2)c1Br. The summed E-state index contributed by atoms with van der Waals surface area (Å²) in [5.74, 6) is 1.90. The van der Waals surface area contributed by atoms with Gasteiger partial charge in [-0.05, 0) is 35.0 Å². The molecule has 0 spiro atoms. The lowest BCUT2D eigenvalue weighted by atomic mass is 9.97. The summed E-state index contributed by atoms with van der Waals surface area (Å²) in [7, 11) is 1.93. The van der Waals surface area contributed by atoms with Gasteiger partial charge in [0.1, 0.15) is 0 Å². The van der Waals surface area contributed by atoms with Crippen molar-refractivity contribution in [3.63, 3.8) is 0 Å². The molecule has 1 fully saturated rings. The molecule has 1 saturated heterocycles. The zero-order chi connectivity index (χ0) is 11.1. The third kappa shape index (κ3) is 2.24. The van der Waals surface area contributed by atoms with Crippen LogP contribution in [0.15, 0.2) is 4.47 Å². The van der Waals surface area contributed by atoms with Gasteiger partial charge in [0.15, 0.2) is 0 Å². The minimum Gasteiger partial charge on any atom is -0.389 e. The molecule has 1 aromatic heterocycles. The highest BCUT2D eigenvalue weighted by atomic mass is 79.9. The summed E-state index contributed by atoms with van der Waals surface area (Å²) < 4.78 is 2.90. The molecule has 1 N–H and O–H groups in total. The lowest BCUT2D eigenvalue weighted by Gasteiger charge is -2.21. The number of hydrogen-bond acceptors (Lipinski definition) is 3. The Labute approximate surface area is 102 Å². The third-order valence-electron chi connectivity index (χ3n) is 2.84. The number of hydrogen-bond donors (Lipinski definition) is 1. The number of aliphatic hydroxyl groups is 1. The first-order valence-corrected chi connectivity index (χ1v) is 6.95. The minimum atomic E-state index is -0.534. The summed E-state index contributed by atoms with van der Waals surface area (Å²) in [6.07, 6.45) is 1.58. The molecule has 1 aromatic rings. The predicted octanol–water partition coefficient (Wildman–Crippen LogP) is 1.90. The van der Waals surface area contributed by atoms with Crippen LogP contribution >= 0.6 is 27.7 Å². The van der Waals surface area contributed by atoms with Crippen LogP contribution in [0, 0.1) is 6.92 Å². The molecular formula is C10H15BrN2OS. The highest BCUT2D eigenvalue weighted by Crippen LogP contribution is 2.33. The lowest BCUT2D eigenvalue weighted by molar-refractivity contribution is 0.0665. The molecule has 1 unspecified atom stereocenters. The average molecular weight is 291 g/mol. The van der Waals surface area contributed by atoms with E-state index in [0.717, 1.165) is 33.8 Å². The van der Waals surface area contributed by atoms with Gasteiger partial charge in [-0.1, -0.05) is 0 Å². The van der Waals surface area contributed by atoms with E-state index in [1.807, 2.05) is 30.4 Å². The van der Waals surface area contributed by atoms with E-state index in [0.29, 0.717) is 6.42 Å². The summed E-state index contributed by atoms with van der Waals surface area (Å²) in [5, 5.41) is 14.7. The van der Waals surface area contributed by atoms with Gasteiger partial charge in [-0.25, -0.2) is 0 Å². The van der Waals surface area contributed by atoms with E-state index in [2.05, 4.69) is 21.0 Å². The second-order valence-electron chi connectivity index (χ2n) is 4.17. The molecule has 15 heavy (non-hydrogen) atoms. The first kappa shape index (κ1) is 11.5. The van der Waals surface area contributed by atoms with E-state index in [4.69, 9.17) is 0 Å². The molecule has 0 bridgehead atoms. The largest absolute Gasteiger partial charge is 0.389 e. The molecule has 2 heterocycles. The molecule has 0 aromatic carbocycles. The monoisotopic (exact) mass is 290 g/mol. The second-order valence-corrected chi connectivity index (χ2v) is 6.07. The highest BCUT2D eigenvalue weighted by molar-refractivity contribution is 9.10. The Morgan fingerprint density at radius 2 is 2.40 bits per heavy atom. The first-order chi connectivity index (χ1) is 7.02. The fourth-order valence-electron chi connectivity index (χ4n) is 1.92. The molecule has 2 rings (SSSR count). The van der Waals surface area contributed by atoms with Crippen molar-refractivity contribution in [1.29, 1.82) is 0 Å². The lowest BCUT2D eigenvalue weighted by Crippen LogP contribution is -2.31. The molecule has 84 valence electrons. The molecule has 3 nitrogen and oxygen atoms in total. The average Bonchev–Trinajstić information content (AvgIpc) is 2.68. The predicted molar refractivity (Wildman–Crippen MR) is 66.2 cm³/mol. The van der Waals surface area contributed by atoms with Crippen molar-refractivity contribution in [3.05, 3.63) is 15.9 Å². The Morgan fingerprint density at radius 3 is 2.87 bits per heavy atom. The highest BCUT2D eigenvalue weighted by Gasteiger charge is 2.33. The second kappa shape index (κ2) is 4.11. The van der Waals surface area contributed by atoms with Crippen LogP contribution in [0.3, 0.4) is 0 Å². The van der Waals surface area contributed by atoms with Gasteiger partial charge in [-0.15, -0.1) is 0 Å². The van der Waals surface area contributed by atoms with Crippen LogP contribution in [-0.4, -0.2) is 32.0 Å². The smallest absolute Gasteiger partial charge is 0.0801 e. The van der Waals surface area contributed by atoms with E-state index >= 15 is 0 Å². The zero-order valence-electron chi connectivity index (χ0n) is 8.96. The number of aromatic nitrogens is 2. The Kier molecular flexibility index (Phi) is 3.14. The Balaban J connectivity index is 2.23. The van der Waals surface area contributed by atoms with Gasteiger partial charge < -0.3 is 5.11 Å². The molecule has 1 aliphatic heterocycles. The van der Waals surface area contributed by atoms with Crippen LogP contribution in [0.25, 0.3) is 0 Å². The zero-order valence-corrected chi connectivity index (χ0v) is 11.4. The molecule has 0 radical (unpaired) electrons. The van der Waals surface area contributed by atoms with E-state index in [1.165, 1.54) is 0 Å². The summed E-state index contributed by atoms with van der Waals surface area (Å²) in [6.45, 7) is 1.97. The molecule has 1 aliphatic rings. The quantitative estimate of drug-likeness (QED) is 0.904. The van der Waals surface area contributed by atoms with E-state index in [1.54, 1.807) is 0 Å². The van der Waals surface area contributed by atoms with Crippen LogP contribution < -0.4 is 0 Å². The number of halogens is 1. The summed E-state index contributed by atoms with van der Waals surface area (Å²) in [6, 6.07) is 0. The van der Waals surface area contributed by atoms with E-state index in [9.17, 15) is 5.11 Å². The number of aryl methyl sites for hydroxylation is 2. The maximum Gasteiger partial charge on any atom is 0.0801 e. The maximum atomic E-state index is 10.3. The number of nitrogens with zero attached hydrogens (tertiary/aromatic N) is 2. The van der Waals surface area contributed by atoms with Crippen LogP contribution in [0.1, 0.15) is 17.8 Å². The topological polar surface area (TPSA) is 38.0 Å². The number of rotatable bonds is 2. The van der Waals surface area contributed by atoms with Gasteiger partial charge in [-0.2, -0.15) is 16.9 Å². The van der Waals surface area contributed by atoms with Crippen LogP contribution in [-0.2, 0) is 13.5 Å². The van der Waals surface area contributed by atoms with Crippen molar-refractivity contribution in [3.8, 4) is 0 Å². The maximum absolute atomic E-state index is 10.3. The third-order valence-corrected chi connectivity index (χ3v) is 5.11. The molecule has 5 heteroatoms. The Morgan fingerprint density at radius 1 is 1.67 bits per heavy atom. The van der Waals surface area contributed by atoms with Crippen molar-refractivity contribution in [2.45, 2.75) is 25.4 Å². The molecular weight excluding hydrogens is 276 g/mol. The summed E-state index contributed by atoms with van der Waals surface area (Å²) in [5.41, 5.74) is 1.55.